The zero-order valence-corrected chi connectivity index (χ0v) is 6.08. The summed E-state index contributed by atoms with van der Waals surface area (Å²) >= 11 is 7.01. The van der Waals surface area contributed by atoms with Gasteiger partial charge in [-0.3, -0.25) is 0 Å². The van der Waals surface area contributed by atoms with Crippen LogP contribution in [0.25, 0.3) is 0 Å². The molecule has 0 rings (SSSR count). The fourth-order valence-electron chi connectivity index (χ4n) is 0.165. The quantitative estimate of drug-likeness (QED) is 0.334. The molecule has 0 saturated heterocycles. The van der Waals surface area contributed by atoms with Crippen LogP contribution in [-0.2, 0) is 8.98 Å². The van der Waals surface area contributed by atoms with Gasteiger partial charge in [0.15, 0.2) is 0 Å². The molecule has 0 aliphatic rings. The Labute approximate surface area is 58.9 Å². The summed E-state index contributed by atoms with van der Waals surface area (Å²) in [4.78, 5) is 10.6. The number of rotatable bonds is 1. The van der Waals surface area contributed by atoms with E-state index in [9.17, 15) is 4.79 Å². The first-order chi connectivity index (χ1) is 3.72. The van der Waals surface area contributed by atoms with Gasteiger partial charge in [0.05, 0.1) is 4.91 Å². The Bertz CT molecular complexity index is 119. The van der Waals surface area contributed by atoms with Crippen LogP contribution in [0.4, 0.5) is 0 Å². The fraction of sp³-hybridized carbons (Fsp3) is 0.250. The molecule has 0 aromatic heterocycles. The average molecular weight is 150 g/mol. The molecule has 0 unspecified atom stereocenters. The topological polar surface area (TPSA) is 26.3 Å². The lowest BCUT2D eigenvalue weighted by Crippen LogP contribution is -1.94. The smallest absolute Gasteiger partial charge is 0.355 e. The first-order valence-corrected chi connectivity index (χ1v) is 2.74. The lowest BCUT2D eigenvalue weighted by Gasteiger charge is -1.90. The van der Waals surface area contributed by atoms with Gasteiger partial charge in [0.25, 0.3) is 0 Å². The number of hydrogen-bond acceptors (Lipinski definition) is 4. The van der Waals surface area contributed by atoms with Gasteiger partial charge in [0, 0.05) is 12.9 Å². The van der Waals surface area contributed by atoms with E-state index in [1.54, 1.807) is 6.92 Å². The van der Waals surface area contributed by atoms with Crippen LogP contribution in [0.1, 0.15) is 6.92 Å². The van der Waals surface area contributed by atoms with Crippen LogP contribution in [0.5, 0.6) is 0 Å². The van der Waals surface area contributed by atoms with E-state index in [4.69, 9.17) is 0 Å². The monoisotopic (exact) mass is 150 g/mol. The van der Waals surface area contributed by atoms with Crippen molar-refractivity contribution in [2.75, 3.05) is 0 Å². The van der Waals surface area contributed by atoms with Crippen molar-refractivity contribution >= 4 is 31.5 Å². The summed E-state index contributed by atoms with van der Waals surface area (Å²) in [7, 11) is 0. The predicted molar refractivity (Wildman–Crippen MR) is 37.8 cm³/mol. The van der Waals surface area contributed by atoms with Gasteiger partial charge in [0.1, 0.15) is 0 Å². The highest BCUT2D eigenvalue weighted by Crippen LogP contribution is 2.02. The molecule has 0 spiro atoms. The second kappa shape index (κ2) is 3.86. The van der Waals surface area contributed by atoms with E-state index in [1.807, 2.05) is 0 Å². The Morgan fingerprint density at radius 1 is 1.75 bits per heavy atom. The minimum Gasteiger partial charge on any atom is -0.391 e. The van der Waals surface area contributed by atoms with Crippen LogP contribution in [0, 0.1) is 0 Å². The molecule has 0 aromatic rings. The third kappa shape index (κ3) is 2.28. The molecule has 2 nitrogen and oxygen atoms in total. The summed E-state index contributed by atoms with van der Waals surface area (Å²) in [5.41, 5.74) is 0. The molecule has 0 aliphatic carbocycles. The first-order valence-electron chi connectivity index (χ1n) is 1.93. The highest BCUT2D eigenvalue weighted by Gasteiger charge is 2.00. The van der Waals surface area contributed by atoms with E-state index in [2.05, 4.69) is 29.7 Å². The normalized spacial score (nSPS) is 11.1. The number of hydrogen-bond donors (Lipinski definition) is 2. The van der Waals surface area contributed by atoms with Crippen LogP contribution in [0.2, 0.25) is 0 Å². The molecule has 0 atom stereocenters. The van der Waals surface area contributed by atoms with Gasteiger partial charge in [0.2, 0.25) is 0 Å². The molecular weight excluding hydrogens is 144 g/mol. The van der Waals surface area contributed by atoms with Crippen molar-refractivity contribution in [3.63, 3.8) is 0 Å². The lowest BCUT2D eigenvalue weighted by atomic mass is 10.5. The standard InChI is InChI=1S/C4H6O2S2/c1-2-3(7)4(5)6-8/h2,7-8H,1H3. The first kappa shape index (κ1) is 7.91. The van der Waals surface area contributed by atoms with Gasteiger partial charge in [-0.1, -0.05) is 6.08 Å². The Hall–Kier alpha value is -0.0900. The van der Waals surface area contributed by atoms with Crippen molar-refractivity contribution in [2.24, 2.45) is 0 Å². The maximum Gasteiger partial charge on any atom is 0.355 e. The molecule has 0 bridgehead atoms. The van der Waals surface area contributed by atoms with Crippen LogP contribution >= 0.6 is 25.5 Å². The Morgan fingerprint density at radius 3 is 2.38 bits per heavy atom. The summed E-state index contributed by atoms with van der Waals surface area (Å²) < 4.78 is 4.01. The highest BCUT2D eigenvalue weighted by atomic mass is 32.1. The molecular formula is C4H6O2S2. The van der Waals surface area contributed by atoms with Crippen molar-refractivity contribution in [3.8, 4) is 0 Å². The van der Waals surface area contributed by atoms with E-state index < -0.39 is 5.97 Å². The van der Waals surface area contributed by atoms with Gasteiger partial charge in [-0.2, -0.15) is 0 Å². The van der Waals surface area contributed by atoms with Gasteiger partial charge in [-0.05, 0) is 6.92 Å². The third-order valence-corrected chi connectivity index (χ3v) is 1.17. The Morgan fingerprint density at radius 2 is 2.25 bits per heavy atom. The minimum absolute atomic E-state index is 0.264. The number of carbonyl (C=O) groups excluding carboxylic acids is 1. The van der Waals surface area contributed by atoms with Crippen molar-refractivity contribution in [1.29, 1.82) is 0 Å². The lowest BCUT2D eigenvalue weighted by molar-refractivity contribution is -0.127. The zero-order valence-electron chi connectivity index (χ0n) is 4.29. The van der Waals surface area contributed by atoms with E-state index in [-0.39, 0.29) is 4.91 Å². The SMILES string of the molecule is CC=C(S)C(=O)OS. The highest BCUT2D eigenvalue weighted by molar-refractivity contribution is 7.85. The van der Waals surface area contributed by atoms with Crippen molar-refractivity contribution in [2.45, 2.75) is 6.92 Å². The summed E-state index contributed by atoms with van der Waals surface area (Å²) in [6.07, 6.45) is 1.53. The van der Waals surface area contributed by atoms with Gasteiger partial charge < -0.3 is 4.18 Å². The maximum atomic E-state index is 10.3. The maximum absolute atomic E-state index is 10.3. The summed E-state index contributed by atoms with van der Waals surface area (Å²) in [5, 5.41) is 0. The van der Waals surface area contributed by atoms with Gasteiger partial charge >= 0.3 is 5.97 Å². The molecule has 0 amide bonds. The van der Waals surface area contributed by atoms with Crippen molar-refractivity contribution < 1.29 is 8.98 Å². The van der Waals surface area contributed by atoms with Crippen molar-refractivity contribution in [1.82, 2.24) is 0 Å². The molecule has 0 aromatic carbocycles. The molecule has 0 aliphatic heterocycles. The predicted octanol–water partition coefficient (Wildman–Crippen LogP) is 1.21. The Kier molecular flexibility index (Phi) is 3.81. The molecule has 0 saturated carbocycles. The molecule has 4 heteroatoms. The second-order valence-corrected chi connectivity index (χ2v) is 1.72. The van der Waals surface area contributed by atoms with Crippen LogP contribution in [-0.4, -0.2) is 5.97 Å². The molecule has 0 fully saturated rings. The van der Waals surface area contributed by atoms with E-state index in [1.165, 1.54) is 6.08 Å². The van der Waals surface area contributed by atoms with E-state index in [0.29, 0.717) is 0 Å². The number of carbonyl (C=O) groups is 1. The van der Waals surface area contributed by atoms with E-state index >= 15 is 0 Å². The summed E-state index contributed by atoms with van der Waals surface area (Å²) in [6.45, 7) is 1.69. The molecule has 0 N–H and O–H groups in total. The summed E-state index contributed by atoms with van der Waals surface area (Å²) in [5.74, 6) is -0.529. The minimum atomic E-state index is -0.529. The van der Waals surface area contributed by atoms with Crippen LogP contribution in [0.15, 0.2) is 11.0 Å². The number of allylic oxidation sites excluding steroid dienone is 1. The Balaban J connectivity index is 3.83. The summed E-state index contributed by atoms with van der Waals surface area (Å²) in [6, 6.07) is 0. The van der Waals surface area contributed by atoms with E-state index in [0.717, 1.165) is 0 Å². The third-order valence-electron chi connectivity index (χ3n) is 0.565. The average Bonchev–Trinajstić information content (AvgIpc) is 1.84. The molecule has 46 valence electrons. The largest absolute Gasteiger partial charge is 0.391 e. The van der Waals surface area contributed by atoms with Gasteiger partial charge in [-0.15, -0.1) is 12.6 Å². The molecule has 0 heterocycles. The van der Waals surface area contributed by atoms with Crippen LogP contribution < -0.4 is 0 Å². The second-order valence-electron chi connectivity index (χ2n) is 1.05. The zero-order chi connectivity index (χ0) is 6.57. The molecule has 8 heavy (non-hydrogen) atoms. The molecule has 0 radical (unpaired) electrons. The van der Waals surface area contributed by atoms with Crippen molar-refractivity contribution in [3.05, 3.63) is 11.0 Å². The van der Waals surface area contributed by atoms with Gasteiger partial charge in [-0.25, -0.2) is 4.79 Å². The fourth-order valence-corrected chi connectivity index (χ4v) is 0.381. The number of thiol groups is 2. The van der Waals surface area contributed by atoms with Crippen LogP contribution in [0.3, 0.4) is 0 Å².